The fraction of sp³-hybridized carbons (Fsp3) is 0.294. The molecule has 0 aliphatic rings. The Kier molecular flexibility index (Phi) is 8.21. The van der Waals surface area contributed by atoms with E-state index in [1.807, 2.05) is 37.3 Å². The third-order valence-corrected chi connectivity index (χ3v) is 3.34. The monoisotopic (exact) mass is 325 g/mol. The highest BCUT2D eigenvalue weighted by Crippen LogP contribution is 2.17. The maximum atomic E-state index is 5.87. The van der Waals surface area contributed by atoms with Crippen LogP contribution in [-0.4, -0.2) is 13.2 Å². The molecule has 0 atom stereocenters. The van der Waals surface area contributed by atoms with E-state index >= 15 is 0 Å². The lowest BCUT2D eigenvalue weighted by Gasteiger charge is -2.11. The van der Waals surface area contributed by atoms with Crippen LogP contribution in [0.2, 0.25) is 5.02 Å². The Bertz CT molecular complexity index is 529. The molecule has 0 saturated carbocycles. The lowest BCUT2D eigenvalue weighted by Crippen LogP contribution is -2.17. The summed E-state index contributed by atoms with van der Waals surface area (Å²) in [6.45, 7) is 4.46. The van der Waals surface area contributed by atoms with Crippen LogP contribution in [0.5, 0.6) is 5.75 Å². The highest BCUT2D eigenvalue weighted by molar-refractivity contribution is 6.30. The van der Waals surface area contributed by atoms with Gasteiger partial charge in [0, 0.05) is 17.1 Å². The third kappa shape index (κ3) is 5.96. The number of halogens is 2. The van der Waals surface area contributed by atoms with Gasteiger partial charge >= 0.3 is 0 Å². The average Bonchev–Trinajstić information content (AvgIpc) is 2.47. The Morgan fingerprint density at radius 2 is 1.76 bits per heavy atom. The molecule has 0 fully saturated rings. The van der Waals surface area contributed by atoms with Gasteiger partial charge in [0.1, 0.15) is 5.75 Å². The number of para-hydroxylation sites is 1. The maximum Gasteiger partial charge on any atom is 0.123 e. The van der Waals surface area contributed by atoms with E-state index in [1.54, 1.807) is 0 Å². The molecule has 0 unspecified atom stereocenters. The molecule has 0 saturated heterocycles. The van der Waals surface area contributed by atoms with Crippen molar-refractivity contribution in [2.24, 2.45) is 0 Å². The molecule has 0 aromatic heterocycles. The number of hydrogen-bond donors (Lipinski definition) is 1. The van der Waals surface area contributed by atoms with Crippen molar-refractivity contribution in [2.75, 3.05) is 13.2 Å². The summed E-state index contributed by atoms with van der Waals surface area (Å²) < 4.78 is 5.61. The molecule has 2 nitrogen and oxygen atoms in total. The first-order valence-electron chi connectivity index (χ1n) is 6.95. The summed E-state index contributed by atoms with van der Waals surface area (Å²) >= 11 is 5.87. The number of rotatable bonds is 7. The van der Waals surface area contributed by atoms with Gasteiger partial charge in [0.05, 0.1) is 6.61 Å². The van der Waals surface area contributed by atoms with E-state index in [0.717, 1.165) is 30.3 Å². The maximum absolute atomic E-state index is 5.87. The van der Waals surface area contributed by atoms with Crippen LogP contribution in [0.3, 0.4) is 0 Å². The van der Waals surface area contributed by atoms with Gasteiger partial charge in [0.15, 0.2) is 0 Å². The average molecular weight is 326 g/mol. The second kappa shape index (κ2) is 9.67. The van der Waals surface area contributed by atoms with Crippen molar-refractivity contribution in [1.82, 2.24) is 5.32 Å². The Hall–Kier alpha value is -1.22. The van der Waals surface area contributed by atoms with Crippen LogP contribution < -0.4 is 10.1 Å². The minimum absolute atomic E-state index is 0. The van der Waals surface area contributed by atoms with E-state index in [0.29, 0.717) is 6.61 Å². The standard InChI is InChI=1S/C17H20ClNO.ClH/c1-2-20-17-6-4-3-5-15(17)13-19-12-11-14-7-9-16(18)10-8-14;/h3-10,19H,2,11-13H2,1H3;1H. The van der Waals surface area contributed by atoms with Crippen molar-refractivity contribution in [2.45, 2.75) is 19.9 Å². The van der Waals surface area contributed by atoms with Crippen molar-refractivity contribution in [3.05, 3.63) is 64.7 Å². The summed E-state index contributed by atoms with van der Waals surface area (Å²) in [5, 5.41) is 4.24. The third-order valence-electron chi connectivity index (χ3n) is 3.09. The zero-order valence-corrected chi connectivity index (χ0v) is 13.7. The molecule has 0 aliphatic carbocycles. The minimum atomic E-state index is 0. The van der Waals surface area contributed by atoms with Gasteiger partial charge < -0.3 is 10.1 Å². The first-order chi connectivity index (χ1) is 9.79. The fourth-order valence-electron chi connectivity index (χ4n) is 2.05. The lowest BCUT2D eigenvalue weighted by molar-refractivity contribution is 0.335. The normalized spacial score (nSPS) is 10.0. The van der Waals surface area contributed by atoms with E-state index in [-0.39, 0.29) is 12.4 Å². The molecule has 0 bridgehead atoms. The molecule has 2 aromatic carbocycles. The van der Waals surface area contributed by atoms with Crippen molar-refractivity contribution in [3.63, 3.8) is 0 Å². The summed E-state index contributed by atoms with van der Waals surface area (Å²) in [5.41, 5.74) is 2.49. The van der Waals surface area contributed by atoms with E-state index in [2.05, 4.69) is 23.5 Å². The zero-order valence-electron chi connectivity index (χ0n) is 12.1. The van der Waals surface area contributed by atoms with E-state index in [4.69, 9.17) is 16.3 Å². The summed E-state index contributed by atoms with van der Waals surface area (Å²) in [7, 11) is 0. The van der Waals surface area contributed by atoms with Crippen LogP contribution in [0.15, 0.2) is 48.5 Å². The molecule has 2 aromatic rings. The number of benzene rings is 2. The fourth-order valence-corrected chi connectivity index (χ4v) is 2.18. The van der Waals surface area contributed by atoms with Gasteiger partial charge in [-0.25, -0.2) is 0 Å². The first-order valence-corrected chi connectivity index (χ1v) is 7.33. The summed E-state index contributed by atoms with van der Waals surface area (Å²) in [5.74, 6) is 0.967. The second-order valence-electron chi connectivity index (χ2n) is 4.59. The zero-order chi connectivity index (χ0) is 14.2. The second-order valence-corrected chi connectivity index (χ2v) is 5.03. The summed E-state index contributed by atoms with van der Waals surface area (Å²) in [6.07, 6.45) is 0.994. The Labute approximate surface area is 137 Å². The van der Waals surface area contributed by atoms with Gasteiger partial charge in [0.2, 0.25) is 0 Å². The van der Waals surface area contributed by atoms with Gasteiger partial charge in [-0.1, -0.05) is 41.9 Å². The van der Waals surface area contributed by atoms with Crippen molar-refractivity contribution >= 4 is 24.0 Å². The van der Waals surface area contributed by atoms with Crippen LogP contribution in [0.4, 0.5) is 0 Å². The lowest BCUT2D eigenvalue weighted by atomic mass is 10.1. The highest BCUT2D eigenvalue weighted by atomic mass is 35.5. The smallest absolute Gasteiger partial charge is 0.123 e. The Morgan fingerprint density at radius 1 is 1.05 bits per heavy atom. The van der Waals surface area contributed by atoms with Gasteiger partial charge in [-0.15, -0.1) is 12.4 Å². The topological polar surface area (TPSA) is 21.3 Å². The van der Waals surface area contributed by atoms with Gasteiger partial charge in [-0.05, 0) is 43.7 Å². The van der Waals surface area contributed by atoms with Crippen molar-refractivity contribution < 1.29 is 4.74 Å². The Balaban J connectivity index is 0.00000220. The quantitative estimate of drug-likeness (QED) is 0.757. The first kappa shape index (κ1) is 17.8. The molecular weight excluding hydrogens is 305 g/mol. The van der Waals surface area contributed by atoms with Gasteiger partial charge in [-0.2, -0.15) is 0 Å². The van der Waals surface area contributed by atoms with Crippen LogP contribution in [0, 0.1) is 0 Å². The number of hydrogen-bond acceptors (Lipinski definition) is 2. The predicted octanol–water partition coefficient (Wildman–Crippen LogP) is 4.49. The molecule has 2 rings (SSSR count). The Morgan fingerprint density at radius 3 is 2.48 bits per heavy atom. The molecule has 21 heavy (non-hydrogen) atoms. The molecule has 0 aliphatic heterocycles. The molecular formula is C17H21Cl2NO. The highest BCUT2D eigenvalue weighted by Gasteiger charge is 2.01. The van der Waals surface area contributed by atoms with Crippen molar-refractivity contribution in [1.29, 1.82) is 0 Å². The van der Waals surface area contributed by atoms with E-state index < -0.39 is 0 Å². The van der Waals surface area contributed by atoms with Crippen LogP contribution >= 0.6 is 24.0 Å². The van der Waals surface area contributed by atoms with E-state index in [1.165, 1.54) is 11.1 Å². The summed E-state index contributed by atoms with van der Waals surface area (Å²) in [4.78, 5) is 0. The van der Waals surface area contributed by atoms with Gasteiger partial charge in [-0.3, -0.25) is 0 Å². The van der Waals surface area contributed by atoms with Gasteiger partial charge in [0.25, 0.3) is 0 Å². The molecule has 4 heteroatoms. The molecule has 0 amide bonds. The molecule has 114 valence electrons. The largest absolute Gasteiger partial charge is 0.494 e. The predicted molar refractivity (Wildman–Crippen MR) is 91.7 cm³/mol. The minimum Gasteiger partial charge on any atom is -0.494 e. The van der Waals surface area contributed by atoms with Crippen LogP contribution in [0.1, 0.15) is 18.1 Å². The SMILES string of the molecule is CCOc1ccccc1CNCCc1ccc(Cl)cc1.Cl. The molecule has 0 radical (unpaired) electrons. The molecule has 1 N–H and O–H groups in total. The van der Waals surface area contributed by atoms with Crippen molar-refractivity contribution in [3.8, 4) is 5.75 Å². The molecule has 0 spiro atoms. The van der Waals surface area contributed by atoms with Crippen LogP contribution in [0.25, 0.3) is 0 Å². The molecule has 0 heterocycles. The summed E-state index contributed by atoms with van der Waals surface area (Å²) in [6, 6.07) is 16.2. The van der Waals surface area contributed by atoms with Crippen LogP contribution in [-0.2, 0) is 13.0 Å². The van der Waals surface area contributed by atoms with E-state index in [9.17, 15) is 0 Å². The number of nitrogens with one attached hydrogen (secondary N) is 1. The number of ether oxygens (including phenoxy) is 1.